The number of carbonyl (C=O) groups is 1. The van der Waals surface area contributed by atoms with E-state index in [1.165, 1.54) is 83.5 Å². The Morgan fingerprint density at radius 1 is 0.468 bits per heavy atom. The fourth-order valence-corrected chi connectivity index (χ4v) is 8.72. The highest BCUT2D eigenvalue weighted by Crippen LogP contribution is 2.38. The maximum Gasteiger partial charge on any atom is 0.268 e. The van der Waals surface area contributed by atoms with Crippen LogP contribution in [-0.2, 0) is 18.4 Å². The second-order valence-corrected chi connectivity index (χ2v) is 22.7. The summed E-state index contributed by atoms with van der Waals surface area (Å²) in [5.74, 6) is -0.236. The van der Waals surface area contributed by atoms with Crippen LogP contribution in [-0.4, -0.2) is 68.5 Å². The van der Waals surface area contributed by atoms with Crippen molar-refractivity contribution in [1.29, 1.82) is 0 Å². The van der Waals surface area contributed by atoms with Gasteiger partial charge in [-0.25, -0.2) is 0 Å². The highest BCUT2D eigenvalue weighted by molar-refractivity contribution is 7.45. The molecule has 3 unspecified atom stereocenters. The fraction of sp³-hybridized carbons (Fsp3) is 0.632. The third-order valence-electron chi connectivity index (χ3n) is 12.8. The molecule has 0 bridgehead atoms. The first-order chi connectivity index (χ1) is 37.5. The molecule has 0 aliphatic rings. The molecule has 438 valence electrons. The summed E-state index contributed by atoms with van der Waals surface area (Å²) in [6.07, 6.45) is 87.9. The number of nitrogens with one attached hydrogen (secondary N) is 1. The lowest BCUT2D eigenvalue weighted by Crippen LogP contribution is -2.45. The monoisotopic (exact) mass is 1090 g/mol. The number of hydrogen-bond donors (Lipinski definition) is 2. The normalized spacial score (nSPS) is 14.8. The van der Waals surface area contributed by atoms with Gasteiger partial charge < -0.3 is 28.8 Å². The van der Waals surface area contributed by atoms with Crippen molar-refractivity contribution < 1.29 is 32.9 Å². The average Bonchev–Trinajstić information content (AvgIpc) is 3.39. The molecule has 3 atom stereocenters. The molecule has 0 saturated carbocycles. The van der Waals surface area contributed by atoms with Gasteiger partial charge in [0.15, 0.2) is 0 Å². The second-order valence-electron chi connectivity index (χ2n) is 21.3. The Morgan fingerprint density at radius 3 is 1.21 bits per heavy atom. The van der Waals surface area contributed by atoms with Gasteiger partial charge in [0, 0.05) is 6.42 Å². The zero-order valence-corrected chi connectivity index (χ0v) is 50.7. The largest absolute Gasteiger partial charge is 0.756 e. The number of carbonyl (C=O) groups excluding carboxylic acids is 1. The van der Waals surface area contributed by atoms with E-state index in [1.54, 1.807) is 6.08 Å². The van der Waals surface area contributed by atoms with E-state index in [0.29, 0.717) is 17.4 Å². The van der Waals surface area contributed by atoms with E-state index in [0.717, 1.165) is 122 Å². The average molecular weight is 1090 g/mol. The van der Waals surface area contributed by atoms with Crippen molar-refractivity contribution in [2.45, 2.75) is 238 Å². The molecule has 9 heteroatoms. The van der Waals surface area contributed by atoms with Crippen molar-refractivity contribution in [3.8, 4) is 0 Å². The third kappa shape index (κ3) is 59.9. The van der Waals surface area contributed by atoms with Gasteiger partial charge in [-0.1, -0.05) is 250 Å². The van der Waals surface area contributed by atoms with Crippen LogP contribution in [0.25, 0.3) is 0 Å². The van der Waals surface area contributed by atoms with Crippen LogP contribution in [0.5, 0.6) is 0 Å². The topological polar surface area (TPSA) is 108 Å². The fourth-order valence-electron chi connectivity index (χ4n) is 8.00. The lowest BCUT2D eigenvalue weighted by Gasteiger charge is -2.29. The first-order valence-corrected chi connectivity index (χ1v) is 32.2. The number of nitrogens with zero attached hydrogens (tertiary/aromatic N) is 1. The molecule has 1 amide bonds. The molecule has 0 spiro atoms. The minimum Gasteiger partial charge on any atom is -0.756 e. The summed E-state index contributed by atoms with van der Waals surface area (Å²) in [6.45, 7) is 4.48. The van der Waals surface area contributed by atoms with Crippen LogP contribution in [0.1, 0.15) is 226 Å². The first-order valence-electron chi connectivity index (χ1n) is 30.7. The molecule has 0 aromatic rings. The molecule has 0 aliphatic heterocycles. The number of likely N-dealkylation sites (N-methyl/N-ethyl adjacent to an activating group) is 1. The maximum atomic E-state index is 13.0. The molecular weight excluding hydrogens is 972 g/mol. The summed E-state index contributed by atoms with van der Waals surface area (Å²) in [7, 11) is 1.20. The van der Waals surface area contributed by atoms with E-state index >= 15 is 0 Å². The molecule has 0 aromatic carbocycles. The number of allylic oxidation sites excluding steroid dienone is 23. The highest BCUT2D eigenvalue weighted by Gasteiger charge is 2.23. The predicted octanol–water partition coefficient (Wildman–Crippen LogP) is 18.6. The number of aliphatic hydroxyl groups is 1. The predicted molar refractivity (Wildman–Crippen MR) is 334 cm³/mol. The molecule has 8 nitrogen and oxygen atoms in total. The summed E-state index contributed by atoms with van der Waals surface area (Å²) in [5, 5.41) is 13.9. The zero-order chi connectivity index (χ0) is 56.3. The van der Waals surface area contributed by atoms with Crippen molar-refractivity contribution in [1.82, 2.24) is 5.32 Å². The Labute approximate surface area is 474 Å². The van der Waals surface area contributed by atoms with Gasteiger partial charge in [-0.2, -0.15) is 0 Å². The highest BCUT2D eigenvalue weighted by atomic mass is 31.2. The Bertz CT molecular complexity index is 1760. The lowest BCUT2D eigenvalue weighted by atomic mass is 10.0. The van der Waals surface area contributed by atoms with Crippen LogP contribution in [0, 0.1) is 0 Å². The SMILES string of the molecule is CC/C=C\C/C=C\C/C=C\C/C=C\C/C=C\C/C=C\C/C=C\C/C=C\C/C=C\CCCCCCCC(=O)NC(COP(=O)([O-])OCC[N+](C)(C)C)C(O)/C=C/CC/C=C/CC/C=C/CCCCCCCCCCCCCC. The third-order valence-corrected chi connectivity index (χ3v) is 13.7. The van der Waals surface area contributed by atoms with Gasteiger partial charge in [0.2, 0.25) is 5.91 Å². The van der Waals surface area contributed by atoms with Crippen molar-refractivity contribution in [3.05, 3.63) is 146 Å². The molecule has 2 N–H and O–H groups in total. The van der Waals surface area contributed by atoms with Crippen molar-refractivity contribution in [3.63, 3.8) is 0 Å². The summed E-state index contributed by atoms with van der Waals surface area (Å²) in [4.78, 5) is 25.5. The zero-order valence-electron chi connectivity index (χ0n) is 49.8. The number of amides is 1. The van der Waals surface area contributed by atoms with Crippen LogP contribution in [0.3, 0.4) is 0 Å². The molecular formula is C68H115N2O6P. The van der Waals surface area contributed by atoms with Crippen LogP contribution in [0.2, 0.25) is 0 Å². The van der Waals surface area contributed by atoms with Gasteiger partial charge in [0.1, 0.15) is 13.2 Å². The summed E-state index contributed by atoms with van der Waals surface area (Å²) in [6, 6.07) is -0.933. The summed E-state index contributed by atoms with van der Waals surface area (Å²) >= 11 is 0. The standard InChI is InChI=1S/C68H115N2O6P/c1-6-8-10-12-14-16-18-20-22-24-26-28-30-31-32-33-34-35-36-37-38-39-40-42-44-46-48-50-52-54-56-58-60-62-68(72)69-66(65-76-77(73,74)75-64-63-70(3,4)5)67(71)61-59-57-55-53-51-49-47-45-43-41-29-27-25-23-21-19-17-15-13-11-9-7-2/h8,10,14,16,20,22,26,28,31-32,34-35,37-38,40,42-43,45-46,48,51,53,59,61,66-67,71H,6-7,9,11-13,15,17-19,21,23-25,27,29-30,33,36,39,41,44,47,49-50,52,54-58,60,62-65H2,1-5H3,(H-,69,72,73,74)/b10-8-,16-14-,22-20-,28-26-,32-31-,35-34-,38-37-,42-40-,45-43+,48-46-,53-51+,61-59+. The van der Waals surface area contributed by atoms with E-state index in [9.17, 15) is 19.4 Å². The van der Waals surface area contributed by atoms with Crippen LogP contribution < -0.4 is 10.2 Å². The molecule has 0 fully saturated rings. The van der Waals surface area contributed by atoms with Crippen molar-refractivity contribution in [2.75, 3.05) is 40.9 Å². The number of quaternary nitrogens is 1. The minimum atomic E-state index is -4.63. The van der Waals surface area contributed by atoms with Gasteiger partial charge in [0.25, 0.3) is 7.82 Å². The van der Waals surface area contributed by atoms with Gasteiger partial charge in [-0.3, -0.25) is 9.36 Å². The second kappa shape index (κ2) is 57.1. The number of phosphoric acid groups is 1. The van der Waals surface area contributed by atoms with Gasteiger partial charge >= 0.3 is 0 Å². The van der Waals surface area contributed by atoms with E-state index < -0.39 is 26.6 Å². The van der Waals surface area contributed by atoms with E-state index in [2.05, 4.69) is 153 Å². The van der Waals surface area contributed by atoms with Crippen LogP contribution in [0.15, 0.2) is 146 Å². The molecule has 0 aromatic heterocycles. The molecule has 77 heavy (non-hydrogen) atoms. The first kappa shape index (κ1) is 73.4. The Balaban J connectivity index is 4.34. The maximum absolute atomic E-state index is 13.0. The smallest absolute Gasteiger partial charge is 0.268 e. The number of phosphoric ester groups is 1. The van der Waals surface area contributed by atoms with Gasteiger partial charge in [-0.15, -0.1) is 0 Å². The van der Waals surface area contributed by atoms with Crippen molar-refractivity contribution >= 4 is 13.7 Å². The number of unbranched alkanes of at least 4 members (excludes halogenated alkanes) is 19. The van der Waals surface area contributed by atoms with E-state index in [4.69, 9.17) is 9.05 Å². The summed E-state index contributed by atoms with van der Waals surface area (Å²) in [5.41, 5.74) is 0. The summed E-state index contributed by atoms with van der Waals surface area (Å²) < 4.78 is 23.3. The Hall–Kier alpha value is -3.62. The van der Waals surface area contributed by atoms with Crippen LogP contribution >= 0.6 is 7.82 Å². The van der Waals surface area contributed by atoms with Gasteiger partial charge in [0.05, 0.1) is 39.9 Å². The van der Waals surface area contributed by atoms with Gasteiger partial charge in [-0.05, 0) is 116 Å². The Kier molecular flexibility index (Phi) is 54.4. The number of rotatable bonds is 54. The molecule has 0 aliphatic carbocycles. The number of hydrogen-bond acceptors (Lipinski definition) is 6. The Morgan fingerprint density at radius 2 is 0.805 bits per heavy atom. The quantitative estimate of drug-likeness (QED) is 0.0272. The molecule has 0 heterocycles. The minimum absolute atomic E-state index is 0.0214. The van der Waals surface area contributed by atoms with E-state index in [-0.39, 0.29) is 12.5 Å². The molecule has 0 radical (unpaired) electrons. The van der Waals surface area contributed by atoms with E-state index in [1.807, 2.05) is 27.2 Å². The molecule has 0 rings (SSSR count). The van der Waals surface area contributed by atoms with Crippen molar-refractivity contribution in [2.24, 2.45) is 0 Å². The number of aliphatic hydroxyl groups excluding tert-OH is 1. The lowest BCUT2D eigenvalue weighted by molar-refractivity contribution is -0.870. The molecule has 0 saturated heterocycles. The van der Waals surface area contributed by atoms with Crippen LogP contribution in [0.4, 0.5) is 0 Å².